The van der Waals surface area contributed by atoms with Crippen molar-refractivity contribution in [2.75, 3.05) is 18.5 Å². The molecule has 0 fully saturated rings. The van der Waals surface area contributed by atoms with Crippen LogP contribution in [0.25, 0.3) is 0 Å². The molecule has 0 atom stereocenters. The monoisotopic (exact) mass is 264 g/mol. The van der Waals surface area contributed by atoms with Crippen LogP contribution >= 0.6 is 0 Å². The summed E-state index contributed by atoms with van der Waals surface area (Å²) in [6, 6.07) is 16.8. The second-order valence-corrected chi connectivity index (χ2v) is 4.85. The fourth-order valence-electron chi connectivity index (χ4n) is 2.07. The highest BCUT2D eigenvalue weighted by Crippen LogP contribution is 2.17. The third-order valence-corrected chi connectivity index (χ3v) is 3.22. The summed E-state index contributed by atoms with van der Waals surface area (Å²) in [5.74, 6) is 6.06. The van der Waals surface area contributed by atoms with Crippen LogP contribution in [0, 0.1) is 18.8 Å². The Bertz CT molecular complexity index is 618. The van der Waals surface area contributed by atoms with Crippen LogP contribution in [-0.4, -0.2) is 13.6 Å². The lowest BCUT2D eigenvalue weighted by Gasteiger charge is -2.20. The van der Waals surface area contributed by atoms with Crippen molar-refractivity contribution in [2.24, 2.45) is 5.73 Å². The molecular formula is C18H20N2. The summed E-state index contributed by atoms with van der Waals surface area (Å²) in [4.78, 5) is 2.22. The average Bonchev–Trinajstić information content (AvgIpc) is 2.47. The van der Waals surface area contributed by atoms with Crippen molar-refractivity contribution in [2.45, 2.75) is 13.5 Å². The van der Waals surface area contributed by atoms with Gasteiger partial charge in [0.1, 0.15) is 0 Å². The van der Waals surface area contributed by atoms with Crippen LogP contribution in [0.15, 0.2) is 48.5 Å². The minimum atomic E-state index is 0.391. The second-order valence-electron chi connectivity index (χ2n) is 4.85. The van der Waals surface area contributed by atoms with Gasteiger partial charge >= 0.3 is 0 Å². The minimum Gasteiger partial charge on any atom is -0.370 e. The van der Waals surface area contributed by atoms with E-state index in [9.17, 15) is 0 Å². The lowest BCUT2D eigenvalue weighted by atomic mass is 10.1. The Balaban J connectivity index is 2.19. The molecule has 2 aromatic rings. The third-order valence-electron chi connectivity index (χ3n) is 3.22. The molecule has 102 valence electrons. The molecule has 0 heterocycles. The zero-order chi connectivity index (χ0) is 14.4. The van der Waals surface area contributed by atoms with Gasteiger partial charge in [-0.25, -0.2) is 0 Å². The molecule has 0 radical (unpaired) electrons. The number of hydrogen-bond donors (Lipinski definition) is 1. The number of nitrogens with two attached hydrogens (primary N) is 1. The largest absolute Gasteiger partial charge is 0.370 e. The standard InChI is InChI=1S/C18H20N2/c1-15-9-11-18(12-10-15)20(2)14-17-7-4-3-6-16(17)8-5-13-19/h3-4,6-7,9-12H,13-14,19H2,1-2H3. The Morgan fingerprint density at radius 3 is 2.45 bits per heavy atom. The lowest BCUT2D eigenvalue weighted by molar-refractivity contribution is 0.920. The Morgan fingerprint density at radius 2 is 1.75 bits per heavy atom. The van der Waals surface area contributed by atoms with Crippen molar-refractivity contribution in [3.63, 3.8) is 0 Å². The molecule has 2 heteroatoms. The SMILES string of the molecule is Cc1ccc(N(C)Cc2ccccc2C#CCN)cc1. The topological polar surface area (TPSA) is 29.3 Å². The third kappa shape index (κ3) is 3.63. The maximum absolute atomic E-state index is 5.45. The molecule has 2 nitrogen and oxygen atoms in total. The van der Waals surface area contributed by atoms with E-state index in [2.05, 4.69) is 61.0 Å². The summed E-state index contributed by atoms with van der Waals surface area (Å²) in [6.07, 6.45) is 0. The Morgan fingerprint density at radius 1 is 1.05 bits per heavy atom. The van der Waals surface area contributed by atoms with E-state index in [0.717, 1.165) is 12.1 Å². The molecular weight excluding hydrogens is 244 g/mol. The van der Waals surface area contributed by atoms with Crippen molar-refractivity contribution >= 4 is 5.69 Å². The predicted molar refractivity (Wildman–Crippen MR) is 85.7 cm³/mol. The summed E-state index contributed by atoms with van der Waals surface area (Å²) in [5.41, 5.74) is 10.2. The molecule has 20 heavy (non-hydrogen) atoms. The number of nitrogens with zero attached hydrogens (tertiary/aromatic N) is 1. The highest BCUT2D eigenvalue weighted by Gasteiger charge is 2.04. The van der Waals surface area contributed by atoms with E-state index >= 15 is 0 Å². The van der Waals surface area contributed by atoms with E-state index in [4.69, 9.17) is 5.73 Å². The highest BCUT2D eigenvalue weighted by molar-refractivity contribution is 5.49. The van der Waals surface area contributed by atoms with Crippen molar-refractivity contribution < 1.29 is 0 Å². The van der Waals surface area contributed by atoms with E-state index in [1.165, 1.54) is 16.8 Å². The van der Waals surface area contributed by atoms with Crippen LogP contribution in [0.5, 0.6) is 0 Å². The molecule has 0 aliphatic heterocycles. The number of aryl methyl sites for hydroxylation is 1. The van der Waals surface area contributed by atoms with Gasteiger partial charge in [-0.15, -0.1) is 0 Å². The van der Waals surface area contributed by atoms with Gasteiger partial charge in [-0.3, -0.25) is 0 Å². The van der Waals surface area contributed by atoms with E-state index in [0.29, 0.717) is 6.54 Å². The second kappa shape index (κ2) is 6.79. The zero-order valence-corrected chi connectivity index (χ0v) is 12.1. The molecule has 2 aromatic carbocycles. The Hall–Kier alpha value is -2.24. The van der Waals surface area contributed by atoms with Gasteiger partial charge in [-0.1, -0.05) is 47.7 Å². The minimum absolute atomic E-state index is 0.391. The first-order valence-electron chi connectivity index (χ1n) is 6.75. The molecule has 0 saturated carbocycles. The van der Waals surface area contributed by atoms with Gasteiger partial charge in [0.15, 0.2) is 0 Å². The van der Waals surface area contributed by atoms with Crippen molar-refractivity contribution in [1.82, 2.24) is 0 Å². The van der Waals surface area contributed by atoms with Crippen molar-refractivity contribution in [1.29, 1.82) is 0 Å². The van der Waals surface area contributed by atoms with E-state index in [-0.39, 0.29) is 0 Å². The summed E-state index contributed by atoms with van der Waals surface area (Å²) < 4.78 is 0. The highest BCUT2D eigenvalue weighted by atomic mass is 15.1. The first-order chi connectivity index (χ1) is 9.70. The molecule has 2 rings (SSSR count). The number of hydrogen-bond acceptors (Lipinski definition) is 2. The van der Waals surface area contributed by atoms with Crippen LogP contribution < -0.4 is 10.6 Å². The maximum atomic E-state index is 5.45. The molecule has 0 bridgehead atoms. The molecule has 0 aromatic heterocycles. The number of rotatable bonds is 3. The van der Waals surface area contributed by atoms with E-state index < -0.39 is 0 Å². The van der Waals surface area contributed by atoms with Crippen LogP contribution in [0.2, 0.25) is 0 Å². The van der Waals surface area contributed by atoms with Crippen molar-refractivity contribution in [3.05, 3.63) is 65.2 Å². The van der Waals surface area contributed by atoms with Gasteiger partial charge in [0.05, 0.1) is 6.54 Å². The van der Waals surface area contributed by atoms with E-state index in [1.807, 2.05) is 18.2 Å². The van der Waals surface area contributed by atoms with Crippen LogP contribution in [0.1, 0.15) is 16.7 Å². The van der Waals surface area contributed by atoms with E-state index in [1.54, 1.807) is 0 Å². The van der Waals surface area contributed by atoms with Crippen LogP contribution in [-0.2, 0) is 6.54 Å². The number of benzene rings is 2. The zero-order valence-electron chi connectivity index (χ0n) is 12.1. The molecule has 0 amide bonds. The average molecular weight is 264 g/mol. The molecule has 0 aliphatic rings. The summed E-state index contributed by atoms with van der Waals surface area (Å²) in [5, 5.41) is 0. The first-order valence-corrected chi connectivity index (χ1v) is 6.75. The van der Waals surface area contributed by atoms with Gasteiger partial charge in [-0.05, 0) is 30.7 Å². The molecule has 2 N–H and O–H groups in total. The van der Waals surface area contributed by atoms with Gasteiger partial charge in [0.25, 0.3) is 0 Å². The van der Waals surface area contributed by atoms with Gasteiger partial charge in [0.2, 0.25) is 0 Å². The normalized spacial score (nSPS) is 9.75. The number of anilines is 1. The fraction of sp³-hybridized carbons (Fsp3) is 0.222. The summed E-state index contributed by atoms with van der Waals surface area (Å²) in [7, 11) is 2.10. The molecule has 0 saturated heterocycles. The molecule has 0 aliphatic carbocycles. The van der Waals surface area contributed by atoms with Crippen LogP contribution in [0.3, 0.4) is 0 Å². The van der Waals surface area contributed by atoms with Gasteiger partial charge in [0, 0.05) is 24.8 Å². The van der Waals surface area contributed by atoms with Gasteiger partial charge < -0.3 is 10.6 Å². The Kier molecular flexibility index (Phi) is 4.81. The first kappa shape index (κ1) is 14.2. The smallest absolute Gasteiger partial charge is 0.0555 e. The summed E-state index contributed by atoms with van der Waals surface area (Å²) in [6.45, 7) is 3.32. The Labute approximate surface area is 121 Å². The quantitative estimate of drug-likeness (QED) is 0.864. The predicted octanol–water partition coefficient (Wildman–Crippen LogP) is 2.94. The summed E-state index contributed by atoms with van der Waals surface area (Å²) >= 11 is 0. The van der Waals surface area contributed by atoms with Crippen molar-refractivity contribution in [3.8, 4) is 11.8 Å². The molecule has 0 spiro atoms. The lowest BCUT2D eigenvalue weighted by Crippen LogP contribution is -2.17. The van der Waals surface area contributed by atoms with Crippen LogP contribution in [0.4, 0.5) is 5.69 Å². The van der Waals surface area contributed by atoms with Gasteiger partial charge in [-0.2, -0.15) is 0 Å². The fourth-order valence-corrected chi connectivity index (χ4v) is 2.07. The maximum Gasteiger partial charge on any atom is 0.0555 e. The molecule has 0 unspecified atom stereocenters.